The first-order chi connectivity index (χ1) is 5.98. The van der Waals surface area contributed by atoms with Crippen LogP contribution in [0.3, 0.4) is 0 Å². The lowest BCUT2D eigenvalue weighted by atomic mass is 9.88. The first-order valence-corrected chi connectivity index (χ1v) is 4.57. The van der Waals surface area contributed by atoms with E-state index in [1.165, 1.54) is 12.2 Å². The van der Waals surface area contributed by atoms with Crippen LogP contribution in [0.5, 0.6) is 0 Å². The van der Waals surface area contributed by atoms with Crippen molar-refractivity contribution in [1.29, 1.82) is 0 Å². The molecule has 0 radical (unpaired) electrons. The lowest BCUT2D eigenvalue weighted by molar-refractivity contribution is -0.147. The van der Waals surface area contributed by atoms with E-state index in [0.29, 0.717) is 0 Å². The minimum absolute atomic E-state index is 1.00. The molecule has 70 valence electrons. The van der Waals surface area contributed by atoms with Crippen LogP contribution in [-0.4, -0.2) is 25.6 Å². The molecule has 0 aliphatic heterocycles. The molecular formula is C8H7IO4. The van der Waals surface area contributed by atoms with Gasteiger partial charge < -0.3 is 10.2 Å². The number of aliphatic carboxylic acids is 2. The van der Waals surface area contributed by atoms with Crippen LogP contribution in [0, 0.1) is 5.92 Å². The highest BCUT2D eigenvalue weighted by molar-refractivity contribution is 14.1. The van der Waals surface area contributed by atoms with Gasteiger partial charge in [-0.1, -0.05) is 46.9 Å². The number of carbonyl (C=O) groups is 2. The molecule has 0 aromatic heterocycles. The maximum atomic E-state index is 10.8. The standard InChI is InChI=1S/C8H7IO4/c9-8(7(12)13)4-2-1-3-5(8)6(10)11/h1-5H,(H,10,11)(H,12,13). The summed E-state index contributed by atoms with van der Waals surface area (Å²) in [5.41, 5.74) is 0. The molecule has 0 fully saturated rings. The Morgan fingerprint density at radius 3 is 2.31 bits per heavy atom. The molecule has 0 heterocycles. The number of allylic oxidation sites excluding steroid dienone is 2. The van der Waals surface area contributed by atoms with Gasteiger partial charge in [0.1, 0.15) is 5.92 Å². The van der Waals surface area contributed by atoms with E-state index >= 15 is 0 Å². The van der Waals surface area contributed by atoms with Crippen LogP contribution in [-0.2, 0) is 9.59 Å². The maximum Gasteiger partial charge on any atom is 0.324 e. The molecule has 0 saturated heterocycles. The predicted octanol–water partition coefficient (Wildman–Crippen LogP) is 1.07. The van der Waals surface area contributed by atoms with E-state index in [2.05, 4.69) is 0 Å². The smallest absolute Gasteiger partial charge is 0.324 e. The van der Waals surface area contributed by atoms with E-state index in [1.807, 2.05) is 0 Å². The van der Waals surface area contributed by atoms with Gasteiger partial charge in [0.25, 0.3) is 0 Å². The molecule has 4 nitrogen and oxygen atoms in total. The van der Waals surface area contributed by atoms with Crippen LogP contribution >= 0.6 is 22.6 Å². The number of rotatable bonds is 2. The Bertz CT molecular complexity index is 307. The Morgan fingerprint density at radius 2 is 1.92 bits per heavy atom. The van der Waals surface area contributed by atoms with Gasteiger partial charge in [-0.2, -0.15) is 0 Å². The summed E-state index contributed by atoms with van der Waals surface area (Å²) in [6.45, 7) is 0. The summed E-state index contributed by atoms with van der Waals surface area (Å²) in [7, 11) is 0. The van der Waals surface area contributed by atoms with Gasteiger partial charge >= 0.3 is 11.9 Å². The summed E-state index contributed by atoms with van der Waals surface area (Å²) in [6.07, 6.45) is 5.84. The SMILES string of the molecule is O=C(O)C1C=CC=CC1(I)C(=O)O. The average molecular weight is 294 g/mol. The molecule has 0 bridgehead atoms. The summed E-state index contributed by atoms with van der Waals surface area (Å²) >= 11 is 1.64. The number of carboxylic acids is 2. The normalized spacial score (nSPS) is 31.6. The number of halogens is 1. The van der Waals surface area contributed by atoms with Gasteiger partial charge in [-0.3, -0.25) is 9.59 Å². The largest absolute Gasteiger partial charge is 0.481 e. The van der Waals surface area contributed by atoms with E-state index in [4.69, 9.17) is 10.2 Å². The van der Waals surface area contributed by atoms with Crippen LogP contribution in [0.15, 0.2) is 24.3 Å². The highest BCUT2D eigenvalue weighted by atomic mass is 127. The number of hydrogen-bond donors (Lipinski definition) is 2. The second-order valence-electron chi connectivity index (χ2n) is 2.63. The summed E-state index contributed by atoms with van der Waals surface area (Å²) in [5, 5.41) is 17.6. The van der Waals surface area contributed by atoms with Crippen molar-refractivity contribution in [1.82, 2.24) is 0 Å². The van der Waals surface area contributed by atoms with E-state index in [9.17, 15) is 9.59 Å². The van der Waals surface area contributed by atoms with Gasteiger partial charge in [-0.25, -0.2) is 0 Å². The summed E-state index contributed by atoms with van der Waals surface area (Å²) in [5.74, 6) is -3.27. The molecule has 2 N–H and O–H groups in total. The van der Waals surface area contributed by atoms with Crippen molar-refractivity contribution < 1.29 is 19.8 Å². The summed E-state index contributed by atoms with van der Waals surface area (Å²) in [4.78, 5) is 21.6. The average Bonchev–Trinajstić information content (AvgIpc) is 2.04. The zero-order valence-corrected chi connectivity index (χ0v) is 8.63. The second-order valence-corrected chi connectivity index (χ2v) is 4.42. The fraction of sp³-hybridized carbons (Fsp3) is 0.250. The quantitative estimate of drug-likeness (QED) is 0.590. The minimum Gasteiger partial charge on any atom is -0.481 e. The Hall–Kier alpha value is -0.850. The monoisotopic (exact) mass is 294 g/mol. The van der Waals surface area contributed by atoms with Crippen LogP contribution in [0.1, 0.15) is 0 Å². The van der Waals surface area contributed by atoms with Gasteiger partial charge in [0.15, 0.2) is 3.42 Å². The zero-order valence-electron chi connectivity index (χ0n) is 6.48. The highest BCUT2D eigenvalue weighted by Gasteiger charge is 2.45. The topological polar surface area (TPSA) is 74.6 Å². The number of carboxylic acid groups (broad SMARTS) is 2. The first kappa shape index (κ1) is 10.2. The number of hydrogen-bond acceptors (Lipinski definition) is 2. The Morgan fingerprint density at radius 1 is 1.31 bits per heavy atom. The van der Waals surface area contributed by atoms with E-state index in [0.717, 1.165) is 0 Å². The second kappa shape index (κ2) is 3.49. The van der Waals surface area contributed by atoms with Crippen molar-refractivity contribution in [2.45, 2.75) is 3.42 Å². The minimum atomic E-state index is -1.36. The van der Waals surface area contributed by atoms with Crippen molar-refractivity contribution >= 4 is 34.5 Å². The first-order valence-electron chi connectivity index (χ1n) is 3.49. The molecular weight excluding hydrogens is 287 g/mol. The Balaban J connectivity index is 3.07. The van der Waals surface area contributed by atoms with Crippen molar-refractivity contribution in [2.24, 2.45) is 5.92 Å². The maximum absolute atomic E-state index is 10.8. The van der Waals surface area contributed by atoms with E-state index < -0.39 is 21.3 Å². The Kier molecular flexibility index (Phi) is 2.74. The third kappa shape index (κ3) is 1.74. The lowest BCUT2D eigenvalue weighted by Gasteiger charge is -2.25. The molecule has 0 amide bonds. The van der Waals surface area contributed by atoms with Gasteiger partial charge in [0.2, 0.25) is 0 Å². The lowest BCUT2D eigenvalue weighted by Crippen LogP contribution is -2.42. The Labute approximate surface area is 88.1 Å². The molecule has 2 atom stereocenters. The van der Waals surface area contributed by atoms with Crippen LogP contribution < -0.4 is 0 Å². The van der Waals surface area contributed by atoms with E-state index in [1.54, 1.807) is 34.7 Å². The molecule has 0 spiro atoms. The van der Waals surface area contributed by atoms with Crippen LogP contribution in [0.4, 0.5) is 0 Å². The van der Waals surface area contributed by atoms with Gasteiger partial charge in [0.05, 0.1) is 0 Å². The molecule has 13 heavy (non-hydrogen) atoms. The van der Waals surface area contributed by atoms with Crippen molar-refractivity contribution in [2.75, 3.05) is 0 Å². The van der Waals surface area contributed by atoms with Gasteiger partial charge in [-0.05, 0) is 0 Å². The molecule has 5 heteroatoms. The van der Waals surface area contributed by atoms with Crippen molar-refractivity contribution in [3.05, 3.63) is 24.3 Å². The highest BCUT2D eigenvalue weighted by Crippen LogP contribution is 2.34. The molecule has 1 aliphatic rings. The summed E-state index contributed by atoms with van der Waals surface area (Å²) in [6, 6.07) is 0. The fourth-order valence-electron chi connectivity index (χ4n) is 1.08. The van der Waals surface area contributed by atoms with Gasteiger partial charge in [0, 0.05) is 0 Å². The third-order valence-corrected chi connectivity index (χ3v) is 3.29. The van der Waals surface area contributed by atoms with Crippen LogP contribution in [0.25, 0.3) is 0 Å². The molecule has 0 aromatic rings. The van der Waals surface area contributed by atoms with E-state index in [-0.39, 0.29) is 0 Å². The zero-order chi connectivity index (χ0) is 10.1. The third-order valence-electron chi connectivity index (χ3n) is 1.80. The molecule has 2 unspecified atom stereocenters. The van der Waals surface area contributed by atoms with Crippen LogP contribution in [0.2, 0.25) is 0 Å². The van der Waals surface area contributed by atoms with Crippen molar-refractivity contribution in [3.63, 3.8) is 0 Å². The summed E-state index contributed by atoms with van der Waals surface area (Å²) < 4.78 is -1.36. The fourth-order valence-corrected chi connectivity index (χ4v) is 1.76. The molecule has 1 rings (SSSR count). The van der Waals surface area contributed by atoms with Gasteiger partial charge in [-0.15, -0.1) is 0 Å². The predicted molar refractivity (Wildman–Crippen MR) is 53.8 cm³/mol. The molecule has 0 aromatic carbocycles. The number of alkyl halides is 1. The van der Waals surface area contributed by atoms with Crippen molar-refractivity contribution in [3.8, 4) is 0 Å². The molecule has 0 saturated carbocycles. The molecule has 1 aliphatic carbocycles.